The number of aliphatic hydroxyl groups excluding tert-OH is 1. The maximum Gasteiger partial charge on any atom is 0.165 e. The molecule has 118 valence electrons. The summed E-state index contributed by atoms with van der Waals surface area (Å²) in [5.74, 6) is -0.347. The Bertz CT molecular complexity index is 831. The second-order valence-electron chi connectivity index (χ2n) is 5.18. The number of methoxy groups -OCH3 is 1. The zero-order valence-electron chi connectivity index (χ0n) is 12.8. The molecule has 0 aliphatic heterocycles. The van der Waals surface area contributed by atoms with Crippen molar-refractivity contribution in [2.45, 2.75) is 13.0 Å². The second kappa shape index (κ2) is 6.48. The van der Waals surface area contributed by atoms with Gasteiger partial charge in [0.15, 0.2) is 11.6 Å². The van der Waals surface area contributed by atoms with Crippen LogP contribution in [0, 0.1) is 12.7 Å². The van der Waals surface area contributed by atoms with E-state index in [-0.39, 0.29) is 5.75 Å². The highest BCUT2D eigenvalue weighted by Gasteiger charge is 2.17. The average Bonchev–Trinajstić information content (AvgIpc) is 3.05. The summed E-state index contributed by atoms with van der Waals surface area (Å²) in [6.07, 6.45) is -0.910. The third-order valence-electron chi connectivity index (χ3n) is 3.67. The van der Waals surface area contributed by atoms with Crippen molar-refractivity contribution in [1.82, 2.24) is 4.98 Å². The van der Waals surface area contributed by atoms with Crippen LogP contribution in [0.2, 0.25) is 0 Å². The van der Waals surface area contributed by atoms with Gasteiger partial charge < -0.3 is 9.84 Å². The molecular formula is C18H16FNO2S. The van der Waals surface area contributed by atoms with Crippen LogP contribution < -0.4 is 4.74 Å². The molecule has 23 heavy (non-hydrogen) atoms. The Hall–Kier alpha value is -2.24. The minimum absolute atomic E-state index is 0.109. The van der Waals surface area contributed by atoms with Crippen LogP contribution in [0.15, 0.2) is 47.8 Å². The van der Waals surface area contributed by atoms with Crippen molar-refractivity contribution < 1.29 is 14.2 Å². The number of aromatic nitrogens is 1. The van der Waals surface area contributed by atoms with Gasteiger partial charge in [-0.2, -0.15) is 0 Å². The molecule has 5 heteroatoms. The highest BCUT2D eigenvalue weighted by Crippen LogP contribution is 2.32. The number of benzene rings is 2. The van der Waals surface area contributed by atoms with Gasteiger partial charge >= 0.3 is 0 Å². The predicted molar refractivity (Wildman–Crippen MR) is 89.3 cm³/mol. The van der Waals surface area contributed by atoms with E-state index in [0.717, 1.165) is 16.8 Å². The highest BCUT2D eigenvalue weighted by molar-refractivity contribution is 7.10. The van der Waals surface area contributed by atoms with Crippen molar-refractivity contribution in [3.05, 3.63) is 69.8 Å². The molecule has 1 atom stereocenters. The lowest BCUT2D eigenvalue weighted by Gasteiger charge is -2.10. The van der Waals surface area contributed by atoms with Crippen LogP contribution in [-0.2, 0) is 0 Å². The summed E-state index contributed by atoms with van der Waals surface area (Å²) in [7, 11) is 1.40. The van der Waals surface area contributed by atoms with Crippen molar-refractivity contribution in [1.29, 1.82) is 0 Å². The van der Waals surface area contributed by atoms with Gasteiger partial charge in [0.1, 0.15) is 11.1 Å². The van der Waals surface area contributed by atoms with Crippen LogP contribution in [-0.4, -0.2) is 17.2 Å². The molecule has 0 bridgehead atoms. The molecule has 0 fully saturated rings. The lowest BCUT2D eigenvalue weighted by atomic mass is 10.1. The van der Waals surface area contributed by atoms with Crippen LogP contribution in [0.5, 0.6) is 5.75 Å². The van der Waals surface area contributed by atoms with E-state index in [2.05, 4.69) is 4.98 Å². The number of nitrogens with zero attached hydrogens (tertiary/aromatic N) is 1. The largest absolute Gasteiger partial charge is 0.494 e. The Morgan fingerprint density at radius 3 is 2.74 bits per heavy atom. The van der Waals surface area contributed by atoms with Crippen LogP contribution >= 0.6 is 11.3 Å². The van der Waals surface area contributed by atoms with Gasteiger partial charge in [-0.1, -0.05) is 30.3 Å². The maximum absolute atomic E-state index is 13.5. The first kappa shape index (κ1) is 15.6. The summed E-state index contributed by atoms with van der Waals surface area (Å²) >= 11 is 1.38. The standard InChI is InChI=1S/C18H16FNO2S/c1-11-5-3-4-6-13(11)15-10-23-18(20-15)17(21)12-7-8-14(19)16(9-12)22-2/h3-10,17,21H,1-2H3. The van der Waals surface area contributed by atoms with Crippen molar-refractivity contribution in [3.63, 3.8) is 0 Å². The number of aliphatic hydroxyl groups is 1. The third-order valence-corrected chi connectivity index (χ3v) is 4.56. The number of rotatable bonds is 4. The average molecular weight is 329 g/mol. The molecule has 0 spiro atoms. The van der Waals surface area contributed by atoms with Gasteiger partial charge in [-0.05, 0) is 30.2 Å². The van der Waals surface area contributed by atoms with Crippen LogP contribution in [0.3, 0.4) is 0 Å². The molecule has 1 unspecified atom stereocenters. The SMILES string of the molecule is COc1cc(C(O)c2nc(-c3ccccc3C)cs2)ccc1F. The lowest BCUT2D eigenvalue weighted by Crippen LogP contribution is -2.00. The summed E-state index contributed by atoms with van der Waals surface area (Å²) in [5.41, 5.74) is 3.55. The Kier molecular flexibility index (Phi) is 4.41. The molecule has 1 heterocycles. The number of thiazole rings is 1. The fourth-order valence-electron chi connectivity index (χ4n) is 2.39. The summed E-state index contributed by atoms with van der Waals surface area (Å²) in [6, 6.07) is 12.3. The molecule has 0 aliphatic rings. The molecule has 2 aromatic carbocycles. The Morgan fingerprint density at radius 1 is 1.22 bits per heavy atom. The molecule has 1 aromatic heterocycles. The summed E-state index contributed by atoms with van der Waals surface area (Å²) in [6.45, 7) is 2.02. The van der Waals surface area contributed by atoms with Gasteiger partial charge in [-0.15, -0.1) is 11.3 Å². The van der Waals surface area contributed by atoms with E-state index >= 15 is 0 Å². The number of hydrogen-bond acceptors (Lipinski definition) is 4. The first-order chi connectivity index (χ1) is 11.1. The van der Waals surface area contributed by atoms with Gasteiger partial charge in [0.05, 0.1) is 12.8 Å². The molecule has 0 saturated heterocycles. The van der Waals surface area contributed by atoms with Gasteiger partial charge in [0.25, 0.3) is 0 Å². The molecule has 3 aromatic rings. The van der Waals surface area contributed by atoms with Crippen molar-refractivity contribution in [2.75, 3.05) is 7.11 Å². The van der Waals surface area contributed by atoms with Crippen LogP contribution in [0.4, 0.5) is 4.39 Å². The molecule has 0 radical (unpaired) electrons. The molecule has 0 saturated carbocycles. The summed E-state index contributed by atoms with van der Waals surface area (Å²) in [4.78, 5) is 4.53. The van der Waals surface area contributed by atoms with E-state index in [1.165, 1.54) is 36.6 Å². The minimum Gasteiger partial charge on any atom is -0.494 e. The van der Waals surface area contributed by atoms with Crippen molar-refractivity contribution >= 4 is 11.3 Å². The predicted octanol–water partition coefficient (Wildman–Crippen LogP) is 4.35. The molecule has 0 aliphatic carbocycles. The molecule has 0 amide bonds. The summed E-state index contributed by atoms with van der Waals surface area (Å²) in [5, 5.41) is 13.0. The van der Waals surface area contributed by atoms with Gasteiger partial charge in [-0.3, -0.25) is 0 Å². The minimum atomic E-state index is -0.910. The highest BCUT2D eigenvalue weighted by atomic mass is 32.1. The van der Waals surface area contributed by atoms with Crippen molar-refractivity contribution in [2.24, 2.45) is 0 Å². The number of aryl methyl sites for hydroxylation is 1. The van der Waals surface area contributed by atoms with E-state index in [1.54, 1.807) is 0 Å². The van der Waals surface area contributed by atoms with Crippen molar-refractivity contribution in [3.8, 4) is 17.0 Å². The van der Waals surface area contributed by atoms with Gasteiger partial charge in [-0.25, -0.2) is 9.37 Å². The zero-order valence-corrected chi connectivity index (χ0v) is 13.6. The third kappa shape index (κ3) is 3.11. The van der Waals surface area contributed by atoms with E-state index in [1.807, 2.05) is 36.6 Å². The molecule has 3 nitrogen and oxygen atoms in total. The van der Waals surface area contributed by atoms with Gasteiger partial charge in [0.2, 0.25) is 0 Å². The Labute approximate surface area is 138 Å². The lowest BCUT2D eigenvalue weighted by molar-refractivity contribution is 0.219. The van der Waals surface area contributed by atoms with Gasteiger partial charge in [0, 0.05) is 10.9 Å². The fraction of sp³-hybridized carbons (Fsp3) is 0.167. The fourth-order valence-corrected chi connectivity index (χ4v) is 3.21. The monoisotopic (exact) mass is 329 g/mol. The quantitative estimate of drug-likeness (QED) is 0.774. The second-order valence-corrected chi connectivity index (χ2v) is 6.07. The van der Waals surface area contributed by atoms with Crippen LogP contribution in [0.1, 0.15) is 22.2 Å². The first-order valence-corrected chi connectivity index (χ1v) is 8.01. The van der Waals surface area contributed by atoms with E-state index in [9.17, 15) is 9.50 Å². The van der Waals surface area contributed by atoms with Crippen LogP contribution in [0.25, 0.3) is 11.3 Å². The number of halogens is 1. The number of hydrogen-bond donors (Lipinski definition) is 1. The zero-order chi connectivity index (χ0) is 16.4. The number of ether oxygens (including phenoxy) is 1. The van der Waals surface area contributed by atoms with E-state index in [0.29, 0.717) is 10.6 Å². The normalized spacial score (nSPS) is 12.2. The molecule has 1 N–H and O–H groups in total. The topological polar surface area (TPSA) is 42.4 Å². The maximum atomic E-state index is 13.5. The van der Waals surface area contributed by atoms with E-state index in [4.69, 9.17) is 4.74 Å². The Morgan fingerprint density at radius 2 is 2.00 bits per heavy atom. The summed E-state index contributed by atoms with van der Waals surface area (Å²) < 4.78 is 18.4. The first-order valence-electron chi connectivity index (χ1n) is 7.13. The smallest absolute Gasteiger partial charge is 0.165 e. The molecule has 3 rings (SSSR count). The van der Waals surface area contributed by atoms with E-state index < -0.39 is 11.9 Å². The molecular weight excluding hydrogens is 313 g/mol. The Balaban J connectivity index is 1.92.